The number of hydrogen-bond donors (Lipinski definition) is 2. The summed E-state index contributed by atoms with van der Waals surface area (Å²) in [7, 11) is 1.65. The van der Waals surface area contributed by atoms with Crippen molar-refractivity contribution in [2.24, 2.45) is 13.0 Å². The Balaban J connectivity index is 1.65. The monoisotopic (exact) mass is 458 g/mol. The summed E-state index contributed by atoms with van der Waals surface area (Å²) in [5.74, 6) is 0.213. The molecule has 3 aromatic rings. The van der Waals surface area contributed by atoms with E-state index in [1.807, 2.05) is 39.8 Å². The van der Waals surface area contributed by atoms with Crippen molar-refractivity contribution >= 4 is 29.1 Å². The van der Waals surface area contributed by atoms with Gasteiger partial charge in [-0.25, -0.2) is 4.68 Å². The van der Waals surface area contributed by atoms with Crippen LogP contribution in [0.5, 0.6) is 5.75 Å². The Hall–Kier alpha value is -3.33. The van der Waals surface area contributed by atoms with Gasteiger partial charge < -0.3 is 15.4 Å². The number of benzene rings is 1. The fourth-order valence-electron chi connectivity index (χ4n) is 3.05. The third-order valence-electron chi connectivity index (χ3n) is 4.72. The average molecular weight is 459 g/mol. The molecule has 170 valence electrons. The Morgan fingerprint density at radius 3 is 2.53 bits per heavy atom. The zero-order valence-electron chi connectivity index (χ0n) is 18.8. The van der Waals surface area contributed by atoms with Crippen LogP contribution in [0.15, 0.2) is 30.6 Å². The highest BCUT2D eigenvalue weighted by molar-refractivity contribution is 6.32. The van der Waals surface area contributed by atoms with E-state index in [2.05, 4.69) is 20.8 Å². The van der Waals surface area contributed by atoms with Crippen molar-refractivity contribution in [2.45, 2.75) is 34.4 Å². The Morgan fingerprint density at radius 2 is 1.88 bits per heavy atom. The van der Waals surface area contributed by atoms with Crippen molar-refractivity contribution < 1.29 is 14.3 Å². The van der Waals surface area contributed by atoms with E-state index in [1.165, 1.54) is 15.6 Å². The number of nitrogens with one attached hydrogen (secondary N) is 2. The van der Waals surface area contributed by atoms with Gasteiger partial charge in [-0.3, -0.25) is 14.3 Å². The van der Waals surface area contributed by atoms with Crippen molar-refractivity contribution in [1.82, 2.24) is 24.9 Å². The number of nitrogens with zero attached hydrogens (tertiary/aromatic N) is 4. The second-order valence-corrected chi connectivity index (χ2v) is 8.35. The molecule has 0 aliphatic heterocycles. The van der Waals surface area contributed by atoms with Crippen LogP contribution in [0.2, 0.25) is 5.02 Å². The maximum Gasteiger partial charge on any atom is 0.276 e. The van der Waals surface area contributed by atoms with Crippen molar-refractivity contribution in [3.05, 3.63) is 58.1 Å². The molecule has 0 aliphatic carbocycles. The highest BCUT2D eigenvalue weighted by Crippen LogP contribution is 2.26. The largest absolute Gasteiger partial charge is 0.471 e. The zero-order chi connectivity index (χ0) is 23.4. The molecule has 2 aromatic heterocycles. The van der Waals surface area contributed by atoms with E-state index in [-0.39, 0.29) is 24.0 Å². The first-order valence-corrected chi connectivity index (χ1v) is 10.6. The predicted molar refractivity (Wildman–Crippen MR) is 122 cm³/mol. The molecule has 0 saturated heterocycles. The number of halogens is 1. The standard InChI is InChI=1S/C22H27ClN6O3/c1-13(2)10-24-22(31)20-18(11-25-28(20)5)26-21(30)17-6-7-29(27-17)12-32-16-8-14(3)19(23)15(4)9-16/h6-9,11,13H,10,12H2,1-5H3,(H,24,31)(H,26,30). The Bertz CT molecular complexity index is 1110. The molecule has 0 aliphatic rings. The molecule has 0 bridgehead atoms. The first-order chi connectivity index (χ1) is 15.2. The van der Waals surface area contributed by atoms with Gasteiger partial charge in [0.25, 0.3) is 11.8 Å². The summed E-state index contributed by atoms with van der Waals surface area (Å²) in [6.07, 6.45) is 3.08. The van der Waals surface area contributed by atoms with Gasteiger partial charge in [-0.2, -0.15) is 10.2 Å². The van der Waals surface area contributed by atoms with Gasteiger partial charge in [0, 0.05) is 24.8 Å². The lowest BCUT2D eigenvalue weighted by atomic mass is 10.1. The first-order valence-electron chi connectivity index (χ1n) is 10.2. The van der Waals surface area contributed by atoms with E-state index >= 15 is 0 Å². The molecule has 1 aromatic carbocycles. The van der Waals surface area contributed by atoms with Crippen LogP contribution >= 0.6 is 11.6 Å². The van der Waals surface area contributed by atoms with Crippen molar-refractivity contribution in [3.63, 3.8) is 0 Å². The molecule has 2 heterocycles. The fourth-order valence-corrected chi connectivity index (χ4v) is 3.16. The number of anilines is 1. The summed E-state index contributed by atoms with van der Waals surface area (Å²) >= 11 is 6.19. The van der Waals surface area contributed by atoms with Crippen LogP contribution in [0.25, 0.3) is 0 Å². The lowest BCUT2D eigenvalue weighted by Crippen LogP contribution is -2.30. The zero-order valence-corrected chi connectivity index (χ0v) is 19.5. The van der Waals surface area contributed by atoms with Crippen LogP contribution in [0.4, 0.5) is 5.69 Å². The van der Waals surface area contributed by atoms with E-state index in [0.29, 0.717) is 28.9 Å². The van der Waals surface area contributed by atoms with Gasteiger partial charge in [0.2, 0.25) is 0 Å². The quantitative estimate of drug-likeness (QED) is 0.537. The summed E-state index contributed by atoms with van der Waals surface area (Å²) in [5.41, 5.74) is 2.63. The van der Waals surface area contributed by atoms with Crippen LogP contribution in [-0.4, -0.2) is 37.9 Å². The maximum atomic E-state index is 12.7. The predicted octanol–water partition coefficient (Wildman–Crippen LogP) is 3.56. The van der Waals surface area contributed by atoms with Crippen LogP contribution in [0, 0.1) is 19.8 Å². The van der Waals surface area contributed by atoms with Gasteiger partial charge in [-0.15, -0.1) is 0 Å². The van der Waals surface area contributed by atoms with Crippen molar-refractivity contribution in [2.75, 3.05) is 11.9 Å². The molecule has 3 rings (SSSR count). The second kappa shape index (κ2) is 9.86. The number of hydrogen-bond acceptors (Lipinski definition) is 5. The van der Waals surface area contributed by atoms with Gasteiger partial charge in [0.15, 0.2) is 12.4 Å². The number of ether oxygens (including phenoxy) is 1. The van der Waals surface area contributed by atoms with E-state index in [9.17, 15) is 9.59 Å². The highest BCUT2D eigenvalue weighted by Gasteiger charge is 2.20. The fraction of sp³-hybridized carbons (Fsp3) is 0.364. The highest BCUT2D eigenvalue weighted by atomic mass is 35.5. The van der Waals surface area contributed by atoms with Crippen LogP contribution in [0.3, 0.4) is 0 Å². The average Bonchev–Trinajstić information content (AvgIpc) is 3.35. The molecule has 2 N–H and O–H groups in total. The molecule has 32 heavy (non-hydrogen) atoms. The summed E-state index contributed by atoms with van der Waals surface area (Å²) < 4.78 is 8.70. The van der Waals surface area contributed by atoms with Gasteiger partial charge in [-0.1, -0.05) is 25.4 Å². The minimum absolute atomic E-state index is 0.129. The molecular weight excluding hydrogens is 432 g/mol. The first kappa shape index (κ1) is 23.3. The molecule has 2 amide bonds. The molecular formula is C22H27ClN6O3. The number of rotatable bonds is 8. The third-order valence-corrected chi connectivity index (χ3v) is 5.32. The van der Waals surface area contributed by atoms with Gasteiger partial charge in [0.05, 0.1) is 11.9 Å². The molecule has 10 heteroatoms. The normalized spacial score (nSPS) is 11.0. The van der Waals surface area contributed by atoms with E-state index < -0.39 is 5.91 Å². The van der Waals surface area contributed by atoms with Gasteiger partial charge in [-0.05, 0) is 49.1 Å². The number of amides is 2. The third kappa shape index (κ3) is 5.47. The number of carbonyl (C=O) groups excluding carboxylic acids is 2. The maximum absolute atomic E-state index is 12.7. The molecule has 0 fully saturated rings. The number of carbonyl (C=O) groups is 2. The van der Waals surface area contributed by atoms with Gasteiger partial charge in [0.1, 0.15) is 11.4 Å². The summed E-state index contributed by atoms with van der Waals surface area (Å²) in [4.78, 5) is 25.2. The Morgan fingerprint density at radius 1 is 1.19 bits per heavy atom. The lowest BCUT2D eigenvalue weighted by Gasteiger charge is -2.10. The minimum atomic E-state index is -0.451. The molecule has 0 saturated carbocycles. The van der Waals surface area contributed by atoms with Gasteiger partial charge >= 0.3 is 0 Å². The lowest BCUT2D eigenvalue weighted by molar-refractivity contribution is 0.0940. The Labute approximate surface area is 191 Å². The second-order valence-electron chi connectivity index (χ2n) is 7.97. The van der Waals surface area contributed by atoms with Crippen LogP contribution in [0.1, 0.15) is 46.0 Å². The van der Waals surface area contributed by atoms with Crippen LogP contribution in [-0.2, 0) is 13.8 Å². The van der Waals surface area contributed by atoms with Crippen LogP contribution < -0.4 is 15.4 Å². The summed E-state index contributed by atoms with van der Waals surface area (Å²) in [6.45, 7) is 8.48. The Kier molecular flexibility index (Phi) is 7.19. The molecule has 0 unspecified atom stereocenters. The molecule has 0 atom stereocenters. The summed E-state index contributed by atoms with van der Waals surface area (Å²) in [6, 6.07) is 5.27. The molecule has 0 spiro atoms. The van der Waals surface area contributed by atoms with E-state index in [1.54, 1.807) is 19.3 Å². The molecule has 0 radical (unpaired) electrons. The number of aromatic nitrogens is 4. The van der Waals surface area contributed by atoms with Crippen molar-refractivity contribution in [3.8, 4) is 5.75 Å². The van der Waals surface area contributed by atoms with E-state index in [4.69, 9.17) is 16.3 Å². The topological polar surface area (TPSA) is 103 Å². The minimum Gasteiger partial charge on any atom is -0.471 e. The SMILES string of the molecule is Cc1cc(OCn2ccc(C(=O)Nc3cnn(C)c3C(=O)NCC(C)C)n2)cc(C)c1Cl. The summed E-state index contributed by atoms with van der Waals surface area (Å²) in [5, 5.41) is 14.6. The molecule has 9 nitrogen and oxygen atoms in total. The smallest absolute Gasteiger partial charge is 0.276 e. The van der Waals surface area contributed by atoms with E-state index in [0.717, 1.165) is 11.1 Å². The number of aryl methyl sites for hydroxylation is 3. The van der Waals surface area contributed by atoms with Crippen molar-refractivity contribution in [1.29, 1.82) is 0 Å².